The van der Waals surface area contributed by atoms with E-state index >= 15 is 0 Å². The highest BCUT2D eigenvalue weighted by atomic mass is 16.5. The number of rotatable bonds is 2. The number of ether oxygens (including phenoxy) is 1. The number of methoxy groups -OCH3 is 1. The smallest absolute Gasteiger partial charge is 0.235 e. The number of carbonyl (C=O) groups excluding carboxylic acids is 2. The molecule has 0 bridgehead atoms. The number of carbonyl (C=O) groups is 2. The lowest BCUT2D eigenvalue weighted by Gasteiger charge is -2.37. The van der Waals surface area contributed by atoms with Crippen LogP contribution in [0.25, 0.3) is 11.1 Å². The molecule has 0 unspecified atom stereocenters. The Morgan fingerprint density at radius 3 is 2.69 bits per heavy atom. The largest absolute Gasteiger partial charge is 0.496 e. The van der Waals surface area contributed by atoms with E-state index in [0.717, 1.165) is 28.1 Å². The second kappa shape index (κ2) is 6.12. The van der Waals surface area contributed by atoms with Crippen LogP contribution in [0, 0.1) is 0 Å². The van der Waals surface area contributed by atoms with Crippen molar-refractivity contribution in [2.75, 3.05) is 25.5 Å². The zero-order chi connectivity index (χ0) is 18.3. The minimum absolute atomic E-state index is 0.0149. The van der Waals surface area contributed by atoms with Crippen LogP contribution in [0.5, 0.6) is 5.75 Å². The van der Waals surface area contributed by atoms with Gasteiger partial charge in [0.1, 0.15) is 5.75 Å². The first-order chi connectivity index (χ1) is 12.5. The third-order valence-electron chi connectivity index (χ3n) is 5.57. The lowest BCUT2D eigenvalue weighted by atomic mass is 9.73. The zero-order valence-electron chi connectivity index (χ0n) is 14.9. The van der Waals surface area contributed by atoms with Crippen LogP contribution in [0.15, 0.2) is 36.7 Å². The third-order valence-corrected chi connectivity index (χ3v) is 5.57. The van der Waals surface area contributed by atoms with Gasteiger partial charge in [0.2, 0.25) is 11.8 Å². The van der Waals surface area contributed by atoms with E-state index in [4.69, 9.17) is 4.74 Å². The summed E-state index contributed by atoms with van der Waals surface area (Å²) in [5.41, 5.74) is 3.05. The van der Waals surface area contributed by atoms with Gasteiger partial charge in [0.05, 0.1) is 12.5 Å². The third kappa shape index (κ3) is 2.44. The monoisotopic (exact) mass is 351 g/mol. The van der Waals surface area contributed by atoms with E-state index in [1.54, 1.807) is 31.3 Å². The van der Waals surface area contributed by atoms with Crippen molar-refractivity contribution >= 4 is 17.5 Å². The summed E-state index contributed by atoms with van der Waals surface area (Å²) in [6.45, 7) is 2.76. The van der Waals surface area contributed by atoms with Crippen LogP contribution < -0.4 is 10.1 Å². The van der Waals surface area contributed by atoms with Crippen LogP contribution in [0.1, 0.15) is 25.3 Å². The summed E-state index contributed by atoms with van der Waals surface area (Å²) in [6, 6.07) is 7.78. The quantitative estimate of drug-likeness (QED) is 0.903. The molecule has 1 N–H and O–H groups in total. The zero-order valence-corrected chi connectivity index (χ0v) is 14.9. The summed E-state index contributed by atoms with van der Waals surface area (Å²) in [5, 5.41) is 3.05. The summed E-state index contributed by atoms with van der Waals surface area (Å²) in [5.74, 6) is 0.797. The molecule has 26 heavy (non-hydrogen) atoms. The molecule has 0 saturated carbocycles. The molecule has 6 nitrogen and oxygen atoms in total. The fourth-order valence-electron chi connectivity index (χ4n) is 4.06. The highest BCUT2D eigenvalue weighted by Gasteiger charge is 2.49. The van der Waals surface area contributed by atoms with Gasteiger partial charge >= 0.3 is 0 Å². The summed E-state index contributed by atoms with van der Waals surface area (Å²) < 4.78 is 5.62. The number of pyridine rings is 1. The van der Waals surface area contributed by atoms with Gasteiger partial charge in [0.25, 0.3) is 0 Å². The Hall–Kier alpha value is -2.89. The number of anilines is 1. The van der Waals surface area contributed by atoms with E-state index in [1.165, 1.54) is 0 Å². The first kappa shape index (κ1) is 16.6. The number of aromatic nitrogens is 1. The number of hydrogen-bond acceptors (Lipinski definition) is 4. The van der Waals surface area contributed by atoms with Crippen molar-refractivity contribution in [1.82, 2.24) is 9.88 Å². The maximum Gasteiger partial charge on any atom is 0.235 e. The van der Waals surface area contributed by atoms with Crippen LogP contribution in [0.3, 0.4) is 0 Å². The van der Waals surface area contributed by atoms with Crippen LogP contribution in [-0.2, 0) is 15.0 Å². The molecule has 0 atom stereocenters. The molecule has 1 fully saturated rings. The average Bonchev–Trinajstić information content (AvgIpc) is 2.92. The topological polar surface area (TPSA) is 71.5 Å². The standard InChI is InChI=1S/C20H21N3O3/c1-13(24)23-8-5-20(6-9-23)16-11-18(26-2)15(10-17(16)22-19(20)25)14-4-3-7-21-12-14/h3-4,7,10-12H,5-6,8-9H2,1-2H3,(H,22,25). The van der Waals surface area contributed by atoms with Crippen LogP contribution >= 0.6 is 0 Å². The number of piperidine rings is 1. The fourth-order valence-corrected chi connectivity index (χ4v) is 4.06. The maximum absolute atomic E-state index is 12.9. The minimum atomic E-state index is -0.581. The number of hydrogen-bond donors (Lipinski definition) is 1. The van der Waals surface area contributed by atoms with E-state index in [-0.39, 0.29) is 11.8 Å². The van der Waals surface area contributed by atoms with E-state index < -0.39 is 5.41 Å². The Balaban J connectivity index is 1.77. The molecule has 1 aromatic carbocycles. The summed E-state index contributed by atoms with van der Waals surface area (Å²) in [4.78, 5) is 30.5. The first-order valence-electron chi connectivity index (χ1n) is 8.75. The Labute approximate surface area is 152 Å². The number of amides is 2. The van der Waals surface area contributed by atoms with Gasteiger partial charge in [0.15, 0.2) is 0 Å². The molecule has 3 heterocycles. The number of likely N-dealkylation sites (tertiary alicyclic amines) is 1. The normalized spacial score (nSPS) is 17.8. The molecule has 2 aliphatic rings. The fraction of sp³-hybridized carbons (Fsp3) is 0.350. The number of nitrogens with one attached hydrogen (secondary N) is 1. The van der Waals surface area contributed by atoms with Crippen molar-refractivity contribution in [1.29, 1.82) is 0 Å². The molecular weight excluding hydrogens is 330 g/mol. The van der Waals surface area contributed by atoms with Crippen LogP contribution in [0.4, 0.5) is 5.69 Å². The lowest BCUT2D eigenvalue weighted by Crippen LogP contribution is -2.47. The van der Waals surface area contributed by atoms with Crippen molar-refractivity contribution in [3.8, 4) is 16.9 Å². The predicted octanol–water partition coefficient (Wildman–Crippen LogP) is 2.59. The van der Waals surface area contributed by atoms with Gasteiger partial charge in [-0.25, -0.2) is 0 Å². The molecule has 2 amide bonds. The van der Waals surface area contributed by atoms with Gasteiger partial charge in [-0.3, -0.25) is 14.6 Å². The molecule has 1 spiro atoms. The molecule has 134 valence electrons. The van der Waals surface area contributed by atoms with Gasteiger partial charge in [-0.2, -0.15) is 0 Å². The second-order valence-corrected chi connectivity index (χ2v) is 6.88. The average molecular weight is 351 g/mol. The second-order valence-electron chi connectivity index (χ2n) is 6.88. The SMILES string of the molecule is COc1cc2c(cc1-c1cccnc1)NC(=O)C21CCN(C(C)=O)CC1. The molecule has 1 aromatic heterocycles. The predicted molar refractivity (Wildman–Crippen MR) is 98.0 cm³/mol. The van der Waals surface area contributed by atoms with Gasteiger partial charge in [0, 0.05) is 49.2 Å². The number of nitrogens with zero attached hydrogens (tertiary/aromatic N) is 2. The highest BCUT2D eigenvalue weighted by Crippen LogP contribution is 2.48. The van der Waals surface area contributed by atoms with Crippen molar-refractivity contribution in [3.05, 3.63) is 42.2 Å². The summed E-state index contributed by atoms with van der Waals surface area (Å²) in [6.07, 6.45) is 4.76. The highest BCUT2D eigenvalue weighted by molar-refractivity contribution is 6.07. The van der Waals surface area contributed by atoms with E-state index in [1.807, 2.05) is 24.3 Å². The number of fused-ring (bicyclic) bond motifs is 2. The summed E-state index contributed by atoms with van der Waals surface area (Å²) in [7, 11) is 1.64. The molecule has 2 aliphatic heterocycles. The van der Waals surface area contributed by atoms with Crippen LogP contribution in [-0.4, -0.2) is 41.9 Å². The van der Waals surface area contributed by atoms with Gasteiger partial charge in [-0.1, -0.05) is 6.07 Å². The molecule has 0 radical (unpaired) electrons. The van der Waals surface area contributed by atoms with Crippen LogP contribution in [0.2, 0.25) is 0 Å². The lowest BCUT2D eigenvalue weighted by molar-refractivity contribution is -0.133. The van der Waals surface area contributed by atoms with Crippen molar-refractivity contribution < 1.29 is 14.3 Å². The van der Waals surface area contributed by atoms with Crippen molar-refractivity contribution in [3.63, 3.8) is 0 Å². The molecule has 6 heteroatoms. The molecule has 4 rings (SSSR count). The molecule has 0 aliphatic carbocycles. The van der Waals surface area contributed by atoms with E-state index in [0.29, 0.717) is 25.9 Å². The van der Waals surface area contributed by atoms with E-state index in [9.17, 15) is 9.59 Å². The Kier molecular flexibility index (Phi) is 3.90. The van der Waals surface area contributed by atoms with Gasteiger partial charge < -0.3 is 15.0 Å². The Bertz CT molecular complexity index is 871. The van der Waals surface area contributed by atoms with Crippen molar-refractivity contribution in [2.45, 2.75) is 25.2 Å². The Morgan fingerprint density at radius 1 is 1.31 bits per heavy atom. The molecule has 1 saturated heterocycles. The Morgan fingerprint density at radius 2 is 2.08 bits per heavy atom. The van der Waals surface area contributed by atoms with E-state index in [2.05, 4.69) is 10.3 Å². The van der Waals surface area contributed by atoms with Gasteiger partial charge in [-0.15, -0.1) is 0 Å². The van der Waals surface area contributed by atoms with Gasteiger partial charge in [-0.05, 0) is 36.6 Å². The first-order valence-corrected chi connectivity index (χ1v) is 8.75. The maximum atomic E-state index is 12.9. The minimum Gasteiger partial charge on any atom is -0.496 e. The molecule has 2 aromatic rings. The van der Waals surface area contributed by atoms with Crippen molar-refractivity contribution in [2.24, 2.45) is 0 Å². The molecular formula is C20H21N3O3. The summed E-state index contributed by atoms with van der Waals surface area (Å²) >= 11 is 0. The number of benzene rings is 1.